The number of hydrogen-bond donors (Lipinski definition) is 1. The summed E-state index contributed by atoms with van der Waals surface area (Å²) in [5.41, 5.74) is 3.37. The molecule has 1 heterocycles. The largest absolute Gasteiger partial charge is 0.497 e. The maximum Gasteiger partial charge on any atom is 0.225 e. The third-order valence-electron chi connectivity index (χ3n) is 5.91. The molecular weight excluding hydrogens is 382 g/mol. The molecule has 6 heteroatoms. The van der Waals surface area contributed by atoms with Crippen LogP contribution in [-0.2, 0) is 9.59 Å². The minimum absolute atomic E-state index is 0.0274. The molecule has 1 N–H and O–H groups in total. The zero-order valence-corrected chi connectivity index (χ0v) is 17.4. The molecule has 1 amide bonds. The topological polar surface area (TPSA) is 73.9 Å². The van der Waals surface area contributed by atoms with Crippen LogP contribution >= 0.6 is 0 Å². The highest BCUT2D eigenvalue weighted by molar-refractivity contribution is 6.02. The minimum atomic E-state index is -0.247. The van der Waals surface area contributed by atoms with Crippen molar-refractivity contribution in [3.63, 3.8) is 0 Å². The number of rotatable bonds is 5. The van der Waals surface area contributed by atoms with Gasteiger partial charge in [-0.05, 0) is 47.7 Å². The van der Waals surface area contributed by atoms with Crippen molar-refractivity contribution < 1.29 is 23.8 Å². The average Bonchev–Trinajstić information content (AvgIpc) is 2.77. The number of nitrogens with one attached hydrogen (secondary N) is 1. The summed E-state index contributed by atoms with van der Waals surface area (Å²) in [4.78, 5) is 25.7. The van der Waals surface area contributed by atoms with Crippen LogP contribution in [0.25, 0.3) is 0 Å². The van der Waals surface area contributed by atoms with E-state index in [1.807, 2.05) is 42.5 Å². The van der Waals surface area contributed by atoms with Gasteiger partial charge in [0, 0.05) is 30.0 Å². The number of amides is 1. The molecule has 0 saturated heterocycles. The predicted molar refractivity (Wildman–Crippen MR) is 112 cm³/mol. The molecule has 0 aromatic heterocycles. The number of ketones is 1. The van der Waals surface area contributed by atoms with Crippen LogP contribution in [0.1, 0.15) is 42.2 Å². The quantitative estimate of drug-likeness (QED) is 0.818. The molecule has 0 saturated carbocycles. The number of Topliss-reactive ketones (excluding diaryl/α,β-unsaturated/α-hetero) is 1. The lowest BCUT2D eigenvalue weighted by molar-refractivity contribution is -0.122. The van der Waals surface area contributed by atoms with Gasteiger partial charge in [-0.25, -0.2) is 0 Å². The minimum Gasteiger partial charge on any atom is -0.497 e. The Kier molecular flexibility index (Phi) is 5.48. The van der Waals surface area contributed by atoms with E-state index in [1.165, 1.54) is 0 Å². The number of carbonyl (C=O) groups is 2. The third-order valence-corrected chi connectivity index (χ3v) is 5.91. The van der Waals surface area contributed by atoms with Gasteiger partial charge >= 0.3 is 0 Å². The molecule has 2 aliphatic rings. The summed E-state index contributed by atoms with van der Waals surface area (Å²) >= 11 is 0. The molecule has 30 heavy (non-hydrogen) atoms. The molecule has 6 nitrogen and oxygen atoms in total. The van der Waals surface area contributed by atoms with Crippen LogP contribution in [0.3, 0.4) is 0 Å². The first-order valence-electron chi connectivity index (χ1n) is 9.96. The molecule has 0 bridgehead atoms. The van der Waals surface area contributed by atoms with Gasteiger partial charge in [0.2, 0.25) is 5.91 Å². The van der Waals surface area contributed by atoms with Crippen molar-refractivity contribution in [1.82, 2.24) is 5.32 Å². The summed E-state index contributed by atoms with van der Waals surface area (Å²) in [5, 5.41) is 2.96. The van der Waals surface area contributed by atoms with E-state index < -0.39 is 0 Å². The van der Waals surface area contributed by atoms with Gasteiger partial charge in [-0.15, -0.1) is 0 Å². The highest BCUT2D eigenvalue weighted by Gasteiger charge is 2.38. The van der Waals surface area contributed by atoms with E-state index in [0.29, 0.717) is 30.1 Å². The summed E-state index contributed by atoms with van der Waals surface area (Å²) in [7, 11) is 4.79. The highest BCUT2D eigenvalue weighted by Crippen LogP contribution is 2.44. The number of carbonyl (C=O) groups excluding carboxylic acids is 2. The van der Waals surface area contributed by atoms with Gasteiger partial charge in [0.1, 0.15) is 5.75 Å². The summed E-state index contributed by atoms with van der Waals surface area (Å²) in [6, 6.07) is 13.3. The van der Waals surface area contributed by atoms with Crippen molar-refractivity contribution in [1.29, 1.82) is 0 Å². The van der Waals surface area contributed by atoms with Gasteiger partial charge in [-0.3, -0.25) is 9.59 Å². The monoisotopic (exact) mass is 407 g/mol. The second-order valence-electron chi connectivity index (χ2n) is 7.62. The molecule has 1 aliphatic carbocycles. The van der Waals surface area contributed by atoms with Gasteiger partial charge in [0.15, 0.2) is 17.3 Å². The molecule has 1 aliphatic heterocycles. The van der Waals surface area contributed by atoms with Crippen LogP contribution in [0.4, 0.5) is 0 Å². The zero-order valence-electron chi connectivity index (χ0n) is 17.4. The molecule has 0 spiro atoms. The van der Waals surface area contributed by atoms with Crippen molar-refractivity contribution in [2.45, 2.75) is 31.1 Å². The molecular formula is C24H25NO5. The van der Waals surface area contributed by atoms with E-state index in [2.05, 4.69) is 5.32 Å². The van der Waals surface area contributed by atoms with Gasteiger partial charge < -0.3 is 19.5 Å². The normalized spacial score (nSPS) is 21.0. The lowest BCUT2D eigenvalue weighted by Crippen LogP contribution is -2.38. The van der Waals surface area contributed by atoms with E-state index >= 15 is 0 Å². The van der Waals surface area contributed by atoms with Crippen LogP contribution < -0.4 is 19.5 Å². The molecule has 2 atom stereocenters. The van der Waals surface area contributed by atoms with Gasteiger partial charge in [-0.1, -0.05) is 18.2 Å². The Hall–Kier alpha value is -3.28. The maximum atomic E-state index is 13.2. The van der Waals surface area contributed by atoms with Crippen molar-refractivity contribution in [2.75, 3.05) is 21.3 Å². The number of benzene rings is 2. The predicted octanol–water partition coefficient (Wildman–Crippen LogP) is 3.72. The van der Waals surface area contributed by atoms with E-state index in [4.69, 9.17) is 14.2 Å². The zero-order chi connectivity index (χ0) is 21.3. The van der Waals surface area contributed by atoms with E-state index in [1.54, 1.807) is 21.3 Å². The molecule has 0 fully saturated rings. The highest BCUT2D eigenvalue weighted by atomic mass is 16.5. The Bertz CT molecular complexity index is 1030. The molecule has 4 rings (SSSR count). The average molecular weight is 407 g/mol. The fraction of sp³-hybridized carbons (Fsp3) is 0.333. The maximum absolute atomic E-state index is 13.2. The number of ether oxygens (including phenoxy) is 3. The first kappa shape index (κ1) is 20.0. The number of methoxy groups -OCH3 is 3. The van der Waals surface area contributed by atoms with Gasteiger partial charge in [0.05, 0.1) is 21.3 Å². The Morgan fingerprint density at radius 1 is 0.833 bits per heavy atom. The molecule has 156 valence electrons. The lowest BCUT2D eigenvalue weighted by Gasteiger charge is -2.34. The first-order valence-corrected chi connectivity index (χ1v) is 9.96. The van der Waals surface area contributed by atoms with Crippen molar-refractivity contribution >= 4 is 11.7 Å². The standard InChI is InChI=1S/C24H25NO5/c1-28-17-6-4-5-15(9-17)18-13-23(27)25-19-10-16(11-20(26)24(18)19)14-7-8-21(29-2)22(12-14)30-3/h4-9,12,16,18H,10-11,13H2,1-3H3,(H,25,27)/t16-,18+/m1/s1. The second kappa shape index (κ2) is 8.22. The molecule has 2 aromatic carbocycles. The molecule has 2 aromatic rings. The lowest BCUT2D eigenvalue weighted by atomic mass is 9.73. The van der Waals surface area contributed by atoms with Crippen LogP contribution in [0, 0.1) is 0 Å². The van der Waals surface area contributed by atoms with E-state index in [9.17, 15) is 9.59 Å². The van der Waals surface area contributed by atoms with Crippen molar-refractivity contribution in [3.8, 4) is 17.2 Å². The van der Waals surface area contributed by atoms with Crippen LogP contribution in [0.5, 0.6) is 17.2 Å². The number of allylic oxidation sites excluding steroid dienone is 2. The fourth-order valence-electron chi connectivity index (χ4n) is 4.45. The Balaban J connectivity index is 1.69. The SMILES string of the molecule is COc1cccc([C@@H]2CC(=O)NC3=C2C(=O)C[C@H](c2ccc(OC)c(OC)c2)C3)c1. The summed E-state index contributed by atoms with van der Waals surface area (Å²) in [6.07, 6.45) is 1.26. The number of hydrogen-bond acceptors (Lipinski definition) is 5. The summed E-state index contributed by atoms with van der Waals surface area (Å²) in [5.74, 6) is 1.72. The second-order valence-corrected chi connectivity index (χ2v) is 7.62. The van der Waals surface area contributed by atoms with Crippen LogP contribution in [0.2, 0.25) is 0 Å². The van der Waals surface area contributed by atoms with Crippen LogP contribution in [-0.4, -0.2) is 33.0 Å². The van der Waals surface area contributed by atoms with E-state index in [0.717, 1.165) is 22.4 Å². The Labute approximate surface area is 175 Å². The van der Waals surface area contributed by atoms with E-state index in [-0.39, 0.29) is 29.9 Å². The Morgan fingerprint density at radius 2 is 1.63 bits per heavy atom. The fourth-order valence-corrected chi connectivity index (χ4v) is 4.45. The van der Waals surface area contributed by atoms with Crippen molar-refractivity contribution in [3.05, 3.63) is 64.9 Å². The van der Waals surface area contributed by atoms with Crippen molar-refractivity contribution in [2.24, 2.45) is 0 Å². The van der Waals surface area contributed by atoms with Gasteiger partial charge in [0.25, 0.3) is 0 Å². The summed E-state index contributed by atoms with van der Waals surface area (Å²) in [6.45, 7) is 0. The summed E-state index contributed by atoms with van der Waals surface area (Å²) < 4.78 is 16.1. The molecule has 0 radical (unpaired) electrons. The Morgan fingerprint density at radius 3 is 2.37 bits per heavy atom. The first-order chi connectivity index (χ1) is 14.5. The van der Waals surface area contributed by atoms with Crippen LogP contribution in [0.15, 0.2) is 53.7 Å². The smallest absolute Gasteiger partial charge is 0.225 e. The third kappa shape index (κ3) is 3.65. The molecule has 0 unspecified atom stereocenters. The van der Waals surface area contributed by atoms with Gasteiger partial charge in [-0.2, -0.15) is 0 Å².